The molecule has 1 N–H and O–H groups in total. The van der Waals surface area contributed by atoms with E-state index in [0.717, 1.165) is 24.1 Å². The van der Waals surface area contributed by atoms with Crippen LogP contribution in [0, 0.1) is 6.92 Å². The molecule has 0 bridgehead atoms. The van der Waals surface area contributed by atoms with Crippen molar-refractivity contribution in [1.29, 1.82) is 0 Å². The Kier molecular flexibility index (Phi) is 5.23. The number of rotatable bonds is 4. The number of nitrogens with zero attached hydrogens (tertiary/aromatic N) is 2. The van der Waals surface area contributed by atoms with E-state index < -0.39 is 0 Å². The molecule has 2 fully saturated rings. The van der Waals surface area contributed by atoms with Crippen LogP contribution in [0.1, 0.15) is 49.5 Å². The largest absolute Gasteiger partial charge is 0.375 e. The SMILES string of the molecule is CCN(C(=O)c1ccc(C)c(N2CCNC2=O)c1)C1CCOC(C)(C)C1. The van der Waals surface area contributed by atoms with Crippen molar-refractivity contribution >= 4 is 17.6 Å². The lowest BCUT2D eigenvalue weighted by Crippen LogP contribution is -2.48. The van der Waals surface area contributed by atoms with Gasteiger partial charge in [-0.15, -0.1) is 0 Å². The standard InChI is InChI=1S/C20H29N3O3/c1-5-22(16-8-11-26-20(3,4)13-16)18(24)15-7-6-14(2)17(12-15)23-10-9-21-19(23)25/h6-7,12,16H,5,8-11,13H2,1-4H3,(H,21,25). The average molecular weight is 359 g/mol. The summed E-state index contributed by atoms with van der Waals surface area (Å²) < 4.78 is 5.80. The zero-order valence-corrected chi connectivity index (χ0v) is 16.2. The van der Waals surface area contributed by atoms with Crippen LogP contribution >= 0.6 is 0 Å². The Morgan fingerprint density at radius 3 is 2.81 bits per heavy atom. The van der Waals surface area contributed by atoms with Crippen LogP contribution in [0.25, 0.3) is 0 Å². The number of hydrogen-bond acceptors (Lipinski definition) is 3. The van der Waals surface area contributed by atoms with Crippen molar-refractivity contribution in [3.8, 4) is 0 Å². The van der Waals surface area contributed by atoms with Gasteiger partial charge >= 0.3 is 6.03 Å². The maximum absolute atomic E-state index is 13.2. The van der Waals surface area contributed by atoms with Gasteiger partial charge in [-0.1, -0.05) is 6.07 Å². The average Bonchev–Trinajstić information content (AvgIpc) is 3.01. The van der Waals surface area contributed by atoms with Gasteiger partial charge in [0.1, 0.15) is 0 Å². The highest BCUT2D eigenvalue weighted by Crippen LogP contribution is 2.29. The lowest BCUT2D eigenvalue weighted by molar-refractivity contribution is -0.0777. The van der Waals surface area contributed by atoms with Crippen LogP contribution in [0.3, 0.4) is 0 Å². The number of ether oxygens (including phenoxy) is 1. The maximum Gasteiger partial charge on any atom is 0.322 e. The molecule has 2 aliphatic rings. The zero-order valence-electron chi connectivity index (χ0n) is 16.2. The Balaban J connectivity index is 1.85. The number of carbonyl (C=O) groups excluding carboxylic acids is 2. The first-order chi connectivity index (χ1) is 12.3. The number of amides is 3. The smallest absolute Gasteiger partial charge is 0.322 e. The third-order valence-corrected chi connectivity index (χ3v) is 5.32. The molecule has 142 valence electrons. The molecule has 2 aliphatic heterocycles. The van der Waals surface area contributed by atoms with Crippen LogP contribution in [-0.2, 0) is 4.74 Å². The lowest BCUT2D eigenvalue weighted by Gasteiger charge is -2.41. The van der Waals surface area contributed by atoms with Crippen LogP contribution in [0.15, 0.2) is 18.2 Å². The van der Waals surface area contributed by atoms with Crippen molar-refractivity contribution in [3.63, 3.8) is 0 Å². The summed E-state index contributed by atoms with van der Waals surface area (Å²) in [6.07, 6.45) is 1.69. The van der Waals surface area contributed by atoms with E-state index in [2.05, 4.69) is 19.2 Å². The van der Waals surface area contributed by atoms with Crippen LogP contribution in [0.4, 0.5) is 10.5 Å². The molecule has 0 saturated carbocycles. The maximum atomic E-state index is 13.2. The molecule has 26 heavy (non-hydrogen) atoms. The number of benzene rings is 1. The molecule has 6 heteroatoms. The minimum absolute atomic E-state index is 0.0241. The van der Waals surface area contributed by atoms with Gasteiger partial charge in [0.2, 0.25) is 0 Å². The van der Waals surface area contributed by atoms with Crippen molar-refractivity contribution in [2.24, 2.45) is 0 Å². The van der Waals surface area contributed by atoms with Gasteiger partial charge < -0.3 is 15.0 Å². The van der Waals surface area contributed by atoms with Crippen LogP contribution in [0.2, 0.25) is 0 Å². The number of hydrogen-bond donors (Lipinski definition) is 1. The molecule has 2 heterocycles. The van der Waals surface area contributed by atoms with Crippen molar-refractivity contribution in [2.75, 3.05) is 31.1 Å². The predicted molar refractivity (Wildman–Crippen MR) is 102 cm³/mol. The fourth-order valence-electron chi connectivity index (χ4n) is 3.93. The second-order valence-corrected chi connectivity index (χ2v) is 7.73. The fraction of sp³-hybridized carbons (Fsp3) is 0.600. The summed E-state index contributed by atoms with van der Waals surface area (Å²) >= 11 is 0. The van der Waals surface area contributed by atoms with Crippen LogP contribution in [-0.4, -0.2) is 54.7 Å². The molecular weight excluding hydrogens is 330 g/mol. The van der Waals surface area contributed by atoms with E-state index >= 15 is 0 Å². The highest BCUT2D eigenvalue weighted by atomic mass is 16.5. The molecule has 1 unspecified atom stereocenters. The van der Waals surface area contributed by atoms with Crippen LogP contribution in [0.5, 0.6) is 0 Å². The van der Waals surface area contributed by atoms with Gasteiger partial charge in [0.25, 0.3) is 5.91 Å². The Hall–Kier alpha value is -2.08. The van der Waals surface area contributed by atoms with Gasteiger partial charge in [-0.3, -0.25) is 9.69 Å². The van der Waals surface area contributed by atoms with Crippen molar-refractivity contribution in [2.45, 2.75) is 52.2 Å². The number of aryl methyl sites for hydroxylation is 1. The minimum atomic E-state index is -0.206. The normalized spacial score (nSPS) is 22.2. The Labute approximate surface area is 155 Å². The number of anilines is 1. The molecule has 3 rings (SSSR count). The van der Waals surface area contributed by atoms with Gasteiger partial charge in [-0.2, -0.15) is 0 Å². The first kappa shape index (κ1) is 18.7. The van der Waals surface area contributed by atoms with Crippen LogP contribution < -0.4 is 10.2 Å². The molecule has 0 spiro atoms. The summed E-state index contributed by atoms with van der Waals surface area (Å²) in [5.41, 5.74) is 2.24. The molecule has 0 aromatic heterocycles. The topological polar surface area (TPSA) is 61.9 Å². The molecule has 0 radical (unpaired) electrons. The van der Waals surface area contributed by atoms with Gasteiger partial charge in [-0.25, -0.2) is 4.79 Å². The van der Waals surface area contributed by atoms with E-state index in [1.54, 1.807) is 4.90 Å². The van der Waals surface area contributed by atoms with E-state index in [1.165, 1.54) is 0 Å². The number of nitrogens with one attached hydrogen (secondary N) is 1. The van der Waals surface area contributed by atoms with Crippen molar-refractivity contribution in [1.82, 2.24) is 10.2 Å². The quantitative estimate of drug-likeness (QED) is 0.899. The fourth-order valence-corrected chi connectivity index (χ4v) is 3.93. The van der Waals surface area contributed by atoms with Gasteiger partial charge in [0.15, 0.2) is 0 Å². The highest BCUT2D eigenvalue weighted by molar-refractivity contribution is 5.99. The van der Waals surface area contributed by atoms with E-state index in [4.69, 9.17) is 4.74 Å². The third kappa shape index (κ3) is 3.70. The first-order valence-corrected chi connectivity index (χ1v) is 9.43. The van der Waals surface area contributed by atoms with Gasteiger partial charge in [0, 0.05) is 43.5 Å². The molecule has 1 aromatic carbocycles. The first-order valence-electron chi connectivity index (χ1n) is 9.43. The highest BCUT2D eigenvalue weighted by Gasteiger charge is 2.34. The van der Waals surface area contributed by atoms with Gasteiger partial charge in [-0.05, 0) is 58.2 Å². The Morgan fingerprint density at radius 2 is 2.19 bits per heavy atom. The number of carbonyl (C=O) groups is 2. The van der Waals surface area contributed by atoms with Crippen molar-refractivity contribution < 1.29 is 14.3 Å². The summed E-state index contributed by atoms with van der Waals surface area (Å²) in [6, 6.07) is 5.72. The molecule has 2 saturated heterocycles. The summed E-state index contributed by atoms with van der Waals surface area (Å²) in [5.74, 6) is 0.0241. The van der Waals surface area contributed by atoms with E-state index in [1.807, 2.05) is 36.9 Å². The van der Waals surface area contributed by atoms with E-state index in [9.17, 15) is 9.59 Å². The minimum Gasteiger partial charge on any atom is -0.375 e. The molecular formula is C20H29N3O3. The summed E-state index contributed by atoms with van der Waals surface area (Å²) in [6.45, 7) is 10.7. The Bertz CT molecular complexity index is 702. The molecule has 6 nitrogen and oxygen atoms in total. The third-order valence-electron chi connectivity index (χ3n) is 5.32. The molecule has 1 aromatic rings. The molecule has 1 atom stereocenters. The molecule has 3 amide bonds. The Morgan fingerprint density at radius 1 is 1.42 bits per heavy atom. The summed E-state index contributed by atoms with van der Waals surface area (Å²) in [4.78, 5) is 28.9. The lowest BCUT2D eigenvalue weighted by atomic mass is 9.92. The monoisotopic (exact) mass is 359 g/mol. The van der Waals surface area contributed by atoms with Crippen molar-refractivity contribution in [3.05, 3.63) is 29.3 Å². The van der Waals surface area contributed by atoms with Gasteiger partial charge in [0.05, 0.1) is 5.60 Å². The second-order valence-electron chi connectivity index (χ2n) is 7.73. The predicted octanol–water partition coefficient (Wildman–Crippen LogP) is 2.94. The molecule has 0 aliphatic carbocycles. The van der Waals surface area contributed by atoms with E-state index in [-0.39, 0.29) is 23.6 Å². The number of urea groups is 1. The second kappa shape index (κ2) is 7.27. The summed E-state index contributed by atoms with van der Waals surface area (Å²) in [5, 5.41) is 2.82. The van der Waals surface area contributed by atoms with E-state index in [0.29, 0.717) is 31.8 Å². The summed E-state index contributed by atoms with van der Waals surface area (Å²) in [7, 11) is 0. The zero-order chi connectivity index (χ0) is 18.9.